The fourth-order valence-electron chi connectivity index (χ4n) is 1.98. The number of rotatable bonds is 2. The zero-order valence-electron chi connectivity index (χ0n) is 9.13. The van der Waals surface area contributed by atoms with Gasteiger partial charge in [-0.1, -0.05) is 31.9 Å². The number of likely N-dealkylation sites (tertiary alicyclic amines) is 1. The van der Waals surface area contributed by atoms with Gasteiger partial charge in [0.1, 0.15) is 5.82 Å². The van der Waals surface area contributed by atoms with Crippen molar-refractivity contribution in [3.05, 3.63) is 34.1 Å². The first-order valence-corrected chi connectivity index (χ1v) is 7.33. The lowest BCUT2D eigenvalue weighted by Gasteiger charge is -2.16. The molecule has 1 aromatic carbocycles. The van der Waals surface area contributed by atoms with E-state index in [-0.39, 0.29) is 11.5 Å². The van der Waals surface area contributed by atoms with Gasteiger partial charge in [0.25, 0.3) is 5.91 Å². The number of nitrogens with zero attached hydrogens (tertiary/aromatic N) is 1. The fraction of sp³-hybridized carbons (Fsp3) is 0.417. The summed E-state index contributed by atoms with van der Waals surface area (Å²) in [6.07, 6.45) is 0.981. The normalized spacial score (nSPS) is 19.7. The molecule has 17 heavy (non-hydrogen) atoms. The van der Waals surface area contributed by atoms with Crippen LogP contribution in [-0.2, 0) is 0 Å². The molecule has 1 amide bonds. The van der Waals surface area contributed by atoms with Gasteiger partial charge in [0.15, 0.2) is 0 Å². The zero-order chi connectivity index (χ0) is 12.4. The number of halogens is 3. The Bertz CT molecular complexity index is 439. The minimum absolute atomic E-state index is 0.156. The van der Waals surface area contributed by atoms with Gasteiger partial charge in [-0.2, -0.15) is 0 Å². The molecule has 0 saturated carbocycles. The second-order valence-electron chi connectivity index (χ2n) is 4.18. The van der Waals surface area contributed by atoms with E-state index in [1.165, 1.54) is 12.1 Å². The summed E-state index contributed by atoms with van der Waals surface area (Å²) in [5.74, 6) is -0.192. The molecule has 1 unspecified atom stereocenters. The molecule has 0 bridgehead atoms. The third-order valence-corrected chi connectivity index (χ3v) is 4.36. The minimum atomic E-state index is -0.466. The fourth-order valence-corrected chi connectivity index (χ4v) is 2.84. The number of carbonyl (C=O) groups excluding carboxylic acids is 1. The lowest BCUT2D eigenvalue weighted by Crippen LogP contribution is -2.29. The smallest absolute Gasteiger partial charge is 0.256 e. The second-order valence-corrected chi connectivity index (χ2v) is 5.75. The van der Waals surface area contributed by atoms with Crippen molar-refractivity contribution < 1.29 is 9.18 Å². The van der Waals surface area contributed by atoms with Crippen molar-refractivity contribution in [1.29, 1.82) is 0 Å². The Morgan fingerprint density at radius 3 is 2.88 bits per heavy atom. The summed E-state index contributed by atoms with van der Waals surface area (Å²) in [6.45, 7) is 1.42. The van der Waals surface area contributed by atoms with Crippen LogP contribution < -0.4 is 0 Å². The lowest BCUT2D eigenvalue weighted by atomic mass is 10.1. The van der Waals surface area contributed by atoms with Crippen molar-refractivity contribution in [3.63, 3.8) is 0 Å². The topological polar surface area (TPSA) is 20.3 Å². The van der Waals surface area contributed by atoms with Gasteiger partial charge in [-0.25, -0.2) is 4.39 Å². The van der Waals surface area contributed by atoms with Gasteiger partial charge in [-0.3, -0.25) is 4.79 Å². The van der Waals surface area contributed by atoms with Gasteiger partial charge in [0, 0.05) is 22.9 Å². The molecule has 0 radical (unpaired) electrons. The van der Waals surface area contributed by atoms with Gasteiger partial charge in [-0.15, -0.1) is 0 Å². The van der Waals surface area contributed by atoms with Gasteiger partial charge in [0.2, 0.25) is 0 Å². The molecule has 92 valence electrons. The third kappa shape index (κ3) is 2.88. The van der Waals surface area contributed by atoms with Gasteiger partial charge >= 0.3 is 0 Å². The van der Waals surface area contributed by atoms with Crippen LogP contribution in [0.2, 0.25) is 0 Å². The predicted molar refractivity (Wildman–Crippen MR) is 71.9 cm³/mol. The highest BCUT2D eigenvalue weighted by atomic mass is 79.9. The molecular weight excluding hydrogens is 353 g/mol. The first-order chi connectivity index (χ1) is 8.11. The molecule has 1 fully saturated rings. The van der Waals surface area contributed by atoms with Crippen molar-refractivity contribution in [1.82, 2.24) is 4.90 Å². The molecule has 0 aliphatic carbocycles. The van der Waals surface area contributed by atoms with E-state index in [9.17, 15) is 9.18 Å². The highest BCUT2D eigenvalue weighted by Crippen LogP contribution is 2.22. The number of hydrogen-bond donors (Lipinski definition) is 0. The molecule has 1 aliphatic rings. The van der Waals surface area contributed by atoms with Crippen LogP contribution in [0.3, 0.4) is 0 Å². The Kier molecular flexibility index (Phi) is 4.20. The molecule has 1 heterocycles. The van der Waals surface area contributed by atoms with Crippen LogP contribution in [0.25, 0.3) is 0 Å². The monoisotopic (exact) mass is 363 g/mol. The summed E-state index contributed by atoms with van der Waals surface area (Å²) in [4.78, 5) is 13.8. The van der Waals surface area contributed by atoms with Crippen LogP contribution >= 0.6 is 31.9 Å². The summed E-state index contributed by atoms with van der Waals surface area (Å²) in [6, 6.07) is 4.54. The van der Waals surface area contributed by atoms with E-state index in [4.69, 9.17) is 0 Å². The zero-order valence-corrected chi connectivity index (χ0v) is 12.3. The van der Waals surface area contributed by atoms with Crippen molar-refractivity contribution in [2.24, 2.45) is 5.92 Å². The van der Waals surface area contributed by atoms with E-state index in [0.717, 1.165) is 11.8 Å². The quantitative estimate of drug-likeness (QED) is 0.736. The number of amides is 1. The van der Waals surface area contributed by atoms with Gasteiger partial charge < -0.3 is 4.90 Å². The summed E-state index contributed by atoms with van der Waals surface area (Å²) in [5, 5.41) is 0.888. The number of alkyl halides is 1. The SMILES string of the molecule is O=C(c1ccc(Br)cc1F)N1CCC(CBr)C1. The summed E-state index contributed by atoms with van der Waals surface area (Å²) < 4.78 is 14.3. The van der Waals surface area contributed by atoms with Crippen LogP contribution in [-0.4, -0.2) is 29.2 Å². The number of carbonyl (C=O) groups is 1. The largest absolute Gasteiger partial charge is 0.338 e. The highest BCUT2D eigenvalue weighted by molar-refractivity contribution is 9.10. The van der Waals surface area contributed by atoms with Crippen molar-refractivity contribution >= 4 is 37.8 Å². The Hall–Kier alpha value is -0.420. The first kappa shape index (κ1) is 13.0. The molecule has 1 saturated heterocycles. The van der Waals surface area contributed by atoms with E-state index >= 15 is 0 Å². The summed E-state index contributed by atoms with van der Waals surface area (Å²) >= 11 is 6.59. The highest BCUT2D eigenvalue weighted by Gasteiger charge is 2.27. The van der Waals surface area contributed by atoms with Gasteiger partial charge in [-0.05, 0) is 30.5 Å². The molecule has 0 N–H and O–H groups in total. The van der Waals surface area contributed by atoms with Crippen molar-refractivity contribution in [3.8, 4) is 0 Å². The van der Waals surface area contributed by atoms with E-state index < -0.39 is 5.82 Å². The standard InChI is InChI=1S/C12H12Br2FNO/c13-6-8-3-4-16(7-8)12(17)10-2-1-9(14)5-11(10)15/h1-2,5,8H,3-4,6-7H2. The number of hydrogen-bond acceptors (Lipinski definition) is 1. The molecule has 0 aromatic heterocycles. The molecule has 0 spiro atoms. The molecule has 2 nitrogen and oxygen atoms in total. The Morgan fingerprint density at radius 2 is 2.29 bits per heavy atom. The van der Waals surface area contributed by atoms with Gasteiger partial charge in [0.05, 0.1) is 5.56 Å². The number of benzene rings is 1. The maximum absolute atomic E-state index is 13.6. The summed E-state index contributed by atoms with van der Waals surface area (Å²) in [5.41, 5.74) is 0.156. The average Bonchev–Trinajstić information content (AvgIpc) is 2.76. The minimum Gasteiger partial charge on any atom is -0.338 e. The Balaban J connectivity index is 2.15. The molecule has 1 atom stereocenters. The van der Waals surface area contributed by atoms with Crippen LogP contribution in [0.1, 0.15) is 16.8 Å². The van der Waals surface area contributed by atoms with Crippen LogP contribution in [0.15, 0.2) is 22.7 Å². The van der Waals surface area contributed by atoms with Crippen molar-refractivity contribution in [2.75, 3.05) is 18.4 Å². The Morgan fingerprint density at radius 1 is 1.53 bits per heavy atom. The summed E-state index contributed by atoms with van der Waals surface area (Å²) in [7, 11) is 0. The second kappa shape index (κ2) is 5.48. The average molecular weight is 365 g/mol. The molecule has 2 rings (SSSR count). The van der Waals surface area contributed by atoms with E-state index in [1.807, 2.05) is 0 Å². The predicted octanol–water partition coefficient (Wildman–Crippen LogP) is 3.45. The van der Waals surface area contributed by atoms with E-state index in [2.05, 4.69) is 31.9 Å². The molecule has 1 aliphatic heterocycles. The van der Waals surface area contributed by atoms with Crippen molar-refractivity contribution in [2.45, 2.75) is 6.42 Å². The van der Waals surface area contributed by atoms with E-state index in [1.54, 1.807) is 11.0 Å². The van der Waals surface area contributed by atoms with Crippen LogP contribution in [0.4, 0.5) is 4.39 Å². The first-order valence-electron chi connectivity index (χ1n) is 5.42. The van der Waals surface area contributed by atoms with Crippen LogP contribution in [0, 0.1) is 11.7 Å². The maximum atomic E-state index is 13.6. The Labute approximate surface area is 116 Å². The van der Waals surface area contributed by atoms with E-state index in [0.29, 0.717) is 23.5 Å². The van der Waals surface area contributed by atoms with Crippen LogP contribution in [0.5, 0.6) is 0 Å². The third-order valence-electron chi connectivity index (χ3n) is 2.95. The molecular formula is C12H12Br2FNO. The molecule has 1 aromatic rings. The lowest BCUT2D eigenvalue weighted by molar-refractivity contribution is 0.0784. The maximum Gasteiger partial charge on any atom is 0.256 e. The molecule has 5 heteroatoms.